The molecule has 1 aliphatic rings. The number of benzene rings is 3. The zero-order valence-electron chi connectivity index (χ0n) is 24.1. The number of nitrogens with zero attached hydrogens (tertiary/aromatic N) is 3. The molecule has 0 radical (unpaired) electrons. The van der Waals surface area contributed by atoms with Gasteiger partial charge in [-0.15, -0.1) is 0 Å². The summed E-state index contributed by atoms with van der Waals surface area (Å²) in [6, 6.07) is 18.5. The molecule has 0 N–H and O–H groups in total. The summed E-state index contributed by atoms with van der Waals surface area (Å²) in [4.78, 5) is 43.9. The maximum Gasteiger partial charge on any atom is 0.338 e. The van der Waals surface area contributed by atoms with Crippen LogP contribution in [0.3, 0.4) is 0 Å². The van der Waals surface area contributed by atoms with Crippen molar-refractivity contribution < 1.29 is 23.9 Å². The van der Waals surface area contributed by atoms with Crippen molar-refractivity contribution in [1.82, 2.24) is 4.57 Å². The van der Waals surface area contributed by atoms with E-state index < -0.39 is 16.9 Å². The molecule has 1 aliphatic heterocycles. The van der Waals surface area contributed by atoms with Crippen LogP contribution in [-0.2, 0) is 16.1 Å². The highest BCUT2D eigenvalue weighted by Crippen LogP contribution is 2.43. The Labute approximate surface area is 264 Å². The van der Waals surface area contributed by atoms with Gasteiger partial charge in [-0.2, -0.15) is 0 Å². The van der Waals surface area contributed by atoms with Crippen molar-refractivity contribution in [3.8, 4) is 11.5 Å². The fourth-order valence-corrected chi connectivity index (χ4v) is 6.31. The molecule has 1 atom stereocenters. The third-order valence-corrected chi connectivity index (χ3v) is 8.28. The van der Waals surface area contributed by atoms with E-state index in [1.807, 2.05) is 54.6 Å². The van der Waals surface area contributed by atoms with E-state index in [0.717, 1.165) is 26.9 Å². The zero-order valence-corrected chi connectivity index (χ0v) is 26.5. The van der Waals surface area contributed by atoms with Gasteiger partial charge < -0.3 is 14.2 Å². The van der Waals surface area contributed by atoms with Gasteiger partial charge in [-0.25, -0.2) is 9.79 Å². The molecule has 0 saturated heterocycles. The van der Waals surface area contributed by atoms with E-state index in [2.05, 4.69) is 15.9 Å². The predicted molar refractivity (Wildman–Crippen MR) is 170 cm³/mol. The van der Waals surface area contributed by atoms with Gasteiger partial charge in [-0.05, 0) is 56.2 Å². The van der Waals surface area contributed by atoms with Gasteiger partial charge in [0.25, 0.3) is 11.2 Å². The van der Waals surface area contributed by atoms with E-state index in [1.165, 1.54) is 16.7 Å². The Balaban J connectivity index is 1.70. The maximum atomic E-state index is 13.6. The summed E-state index contributed by atoms with van der Waals surface area (Å²) in [5.41, 5.74) is 1.41. The average Bonchev–Trinajstić information content (AvgIpc) is 3.31. The van der Waals surface area contributed by atoms with Crippen molar-refractivity contribution in [2.75, 3.05) is 13.2 Å². The molecular weight excluding hydrogens is 650 g/mol. The van der Waals surface area contributed by atoms with Crippen LogP contribution in [0.15, 0.2) is 86.6 Å². The van der Waals surface area contributed by atoms with E-state index in [4.69, 9.17) is 19.2 Å². The molecule has 0 saturated carbocycles. The molecule has 0 aliphatic carbocycles. The first kappa shape index (κ1) is 30.9. The van der Waals surface area contributed by atoms with E-state index >= 15 is 0 Å². The number of nitro benzene ring substituents is 1. The number of esters is 1. The minimum absolute atomic E-state index is 0.0248. The van der Waals surface area contributed by atoms with Crippen molar-refractivity contribution in [1.29, 1.82) is 0 Å². The summed E-state index contributed by atoms with van der Waals surface area (Å²) in [7, 11) is 0. The molecule has 0 fully saturated rings. The number of carbonyl (C=O) groups is 1. The molecule has 5 rings (SSSR count). The first-order valence-electron chi connectivity index (χ1n) is 13.8. The molecular formula is C32H28BrN3O7S. The first-order valence-corrected chi connectivity index (χ1v) is 15.4. The molecule has 0 spiro atoms. The third kappa shape index (κ3) is 6.36. The molecule has 44 heavy (non-hydrogen) atoms. The highest BCUT2D eigenvalue weighted by Gasteiger charge is 2.36. The highest BCUT2D eigenvalue weighted by atomic mass is 79.9. The lowest BCUT2D eigenvalue weighted by Crippen LogP contribution is -2.35. The maximum absolute atomic E-state index is 13.6. The largest absolute Gasteiger partial charge is 0.490 e. The summed E-state index contributed by atoms with van der Waals surface area (Å²) >= 11 is 4.57. The normalized spacial score (nSPS) is 14.5. The molecule has 0 bridgehead atoms. The van der Waals surface area contributed by atoms with Crippen LogP contribution in [0.5, 0.6) is 11.5 Å². The number of hydrogen-bond donors (Lipinski definition) is 0. The molecule has 3 aromatic carbocycles. The van der Waals surface area contributed by atoms with Gasteiger partial charge in [0, 0.05) is 10.2 Å². The lowest BCUT2D eigenvalue weighted by atomic mass is 9.94. The SMILES string of the molecule is CCOC(=O)C1=C(C)n2c(s/c(=C\c3cccc(Br)c3)c2=O)=N[C@@H]1c1cc(OCC)c(OCc2ccccc2)cc1[N+](=O)[O-]. The first-order chi connectivity index (χ1) is 21.2. The number of aromatic nitrogens is 1. The van der Waals surface area contributed by atoms with E-state index in [1.54, 1.807) is 26.8 Å². The van der Waals surface area contributed by atoms with Crippen molar-refractivity contribution in [2.24, 2.45) is 4.99 Å². The fourth-order valence-electron chi connectivity index (χ4n) is 4.85. The van der Waals surface area contributed by atoms with Crippen LogP contribution in [-0.4, -0.2) is 28.7 Å². The number of ether oxygens (including phenoxy) is 3. The Kier molecular flexibility index (Phi) is 9.40. The van der Waals surface area contributed by atoms with Gasteiger partial charge in [-0.3, -0.25) is 19.5 Å². The molecule has 12 heteroatoms. The monoisotopic (exact) mass is 677 g/mol. The van der Waals surface area contributed by atoms with Gasteiger partial charge in [0.05, 0.1) is 39.9 Å². The summed E-state index contributed by atoms with van der Waals surface area (Å²) < 4.78 is 19.8. The fraction of sp³-hybridized carbons (Fsp3) is 0.219. The third-order valence-electron chi connectivity index (χ3n) is 6.81. The van der Waals surface area contributed by atoms with Crippen LogP contribution in [0.4, 0.5) is 5.69 Å². The van der Waals surface area contributed by atoms with Crippen LogP contribution in [0.25, 0.3) is 11.8 Å². The number of halogens is 1. The lowest BCUT2D eigenvalue weighted by Gasteiger charge is -2.23. The molecule has 226 valence electrons. The second-order valence-electron chi connectivity index (χ2n) is 9.66. The molecule has 4 aromatic rings. The molecule has 1 aromatic heterocycles. The Bertz CT molecular complexity index is 1950. The standard InChI is InChI=1S/C32H28BrN3O7S/c1-4-41-25-16-23(24(36(39)40)17-26(25)43-18-20-10-7-6-8-11-20)29-28(31(38)42-5-2)19(3)35-30(37)27(44-32(35)34-29)15-21-12-9-13-22(33)14-21/h6-17,29H,4-5,18H2,1-3H3/b27-15-/t29-/m1/s1. The van der Waals surface area contributed by atoms with Crippen molar-refractivity contribution in [3.05, 3.63) is 123 Å². The van der Waals surface area contributed by atoms with Gasteiger partial charge in [-0.1, -0.05) is 69.7 Å². The quantitative estimate of drug-likeness (QED) is 0.122. The number of carbonyl (C=O) groups excluding carboxylic acids is 1. The summed E-state index contributed by atoms with van der Waals surface area (Å²) in [5, 5.41) is 12.5. The predicted octanol–water partition coefficient (Wildman–Crippen LogP) is 5.56. The number of rotatable bonds is 10. The van der Waals surface area contributed by atoms with Crippen molar-refractivity contribution in [2.45, 2.75) is 33.4 Å². The Morgan fingerprint density at radius 1 is 1.07 bits per heavy atom. The van der Waals surface area contributed by atoms with Gasteiger partial charge in [0.1, 0.15) is 12.6 Å². The van der Waals surface area contributed by atoms with Crippen molar-refractivity contribution in [3.63, 3.8) is 0 Å². The second kappa shape index (κ2) is 13.4. The molecule has 10 nitrogen and oxygen atoms in total. The number of hydrogen-bond acceptors (Lipinski definition) is 9. The summed E-state index contributed by atoms with van der Waals surface area (Å²) in [6.07, 6.45) is 1.74. The van der Waals surface area contributed by atoms with Gasteiger partial charge in [0.2, 0.25) is 0 Å². The van der Waals surface area contributed by atoms with E-state index in [9.17, 15) is 19.7 Å². The van der Waals surface area contributed by atoms with Crippen LogP contribution in [0.2, 0.25) is 0 Å². The van der Waals surface area contributed by atoms with Crippen LogP contribution in [0.1, 0.15) is 43.5 Å². The van der Waals surface area contributed by atoms with Gasteiger partial charge >= 0.3 is 5.97 Å². The Morgan fingerprint density at radius 3 is 2.50 bits per heavy atom. The molecule has 0 amide bonds. The second-order valence-corrected chi connectivity index (χ2v) is 11.6. The average molecular weight is 679 g/mol. The summed E-state index contributed by atoms with van der Waals surface area (Å²) in [5.74, 6) is -0.283. The number of fused-ring (bicyclic) bond motifs is 1. The Hall–Kier alpha value is -4.55. The molecule has 2 heterocycles. The summed E-state index contributed by atoms with van der Waals surface area (Å²) in [6.45, 7) is 5.55. The number of allylic oxidation sites excluding steroid dienone is 1. The van der Waals surface area contributed by atoms with Crippen molar-refractivity contribution >= 4 is 50.7 Å². The molecule has 0 unspecified atom stereocenters. The Morgan fingerprint density at radius 2 is 1.82 bits per heavy atom. The zero-order chi connectivity index (χ0) is 31.4. The van der Waals surface area contributed by atoms with Crippen LogP contribution < -0.4 is 24.4 Å². The topological polar surface area (TPSA) is 122 Å². The minimum atomic E-state index is -1.14. The van der Waals surface area contributed by atoms with Gasteiger partial charge in [0.15, 0.2) is 16.3 Å². The van der Waals surface area contributed by atoms with E-state index in [-0.39, 0.29) is 59.4 Å². The minimum Gasteiger partial charge on any atom is -0.490 e. The number of nitro groups is 1. The lowest BCUT2D eigenvalue weighted by molar-refractivity contribution is -0.385. The van der Waals surface area contributed by atoms with E-state index in [0.29, 0.717) is 9.33 Å². The van der Waals surface area contributed by atoms with Crippen LogP contribution >= 0.6 is 27.3 Å². The number of thiazole rings is 1. The smallest absolute Gasteiger partial charge is 0.338 e. The van der Waals surface area contributed by atoms with Crippen LogP contribution in [0, 0.1) is 10.1 Å². The highest BCUT2D eigenvalue weighted by molar-refractivity contribution is 9.10.